The lowest BCUT2D eigenvalue weighted by atomic mass is 9.78. The standard InChI is InChI=1S/C13H24N4O/c1-3-18-13(7-4-5-10(2)9-13)12-15-11(6-8-14)16-17-12/h10H,3-9,14H2,1-2H3,(H,15,16,17). The molecule has 1 saturated carbocycles. The van der Waals surface area contributed by atoms with Crippen LogP contribution in [0.3, 0.4) is 0 Å². The fourth-order valence-corrected chi connectivity index (χ4v) is 2.93. The zero-order valence-corrected chi connectivity index (χ0v) is 11.4. The SMILES string of the molecule is CCOC1(c2n[nH]c(CCN)n2)CCCC(C)C1. The van der Waals surface area contributed by atoms with Crippen molar-refractivity contribution in [3.8, 4) is 0 Å². The average Bonchev–Trinajstić information content (AvgIpc) is 2.79. The van der Waals surface area contributed by atoms with E-state index < -0.39 is 0 Å². The van der Waals surface area contributed by atoms with Gasteiger partial charge in [0.05, 0.1) is 0 Å². The minimum Gasteiger partial charge on any atom is -0.367 e. The van der Waals surface area contributed by atoms with Crippen LogP contribution in [0, 0.1) is 5.92 Å². The van der Waals surface area contributed by atoms with E-state index in [1.807, 2.05) is 6.92 Å². The Morgan fingerprint density at radius 2 is 2.39 bits per heavy atom. The second-order valence-corrected chi connectivity index (χ2v) is 5.27. The highest BCUT2D eigenvalue weighted by atomic mass is 16.5. The smallest absolute Gasteiger partial charge is 0.182 e. The predicted molar refractivity (Wildman–Crippen MR) is 70.1 cm³/mol. The summed E-state index contributed by atoms with van der Waals surface area (Å²) in [4.78, 5) is 4.58. The van der Waals surface area contributed by atoms with Crippen LogP contribution in [0.2, 0.25) is 0 Å². The number of nitrogens with one attached hydrogen (secondary N) is 1. The van der Waals surface area contributed by atoms with Crippen LogP contribution in [0.1, 0.15) is 51.2 Å². The van der Waals surface area contributed by atoms with Gasteiger partial charge in [0.15, 0.2) is 5.82 Å². The van der Waals surface area contributed by atoms with Crippen LogP contribution in [0.25, 0.3) is 0 Å². The minimum atomic E-state index is -0.282. The molecule has 1 aromatic rings. The highest BCUT2D eigenvalue weighted by Gasteiger charge is 2.40. The van der Waals surface area contributed by atoms with Gasteiger partial charge in [-0.25, -0.2) is 4.98 Å². The van der Waals surface area contributed by atoms with Crippen LogP contribution < -0.4 is 5.73 Å². The Morgan fingerprint density at radius 1 is 1.56 bits per heavy atom. The molecule has 1 fully saturated rings. The quantitative estimate of drug-likeness (QED) is 0.837. The van der Waals surface area contributed by atoms with Gasteiger partial charge in [-0.15, -0.1) is 0 Å². The summed E-state index contributed by atoms with van der Waals surface area (Å²) in [7, 11) is 0. The minimum absolute atomic E-state index is 0.282. The molecule has 18 heavy (non-hydrogen) atoms. The molecule has 2 atom stereocenters. The molecule has 1 aliphatic rings. The molecular formula is C13H24N4O. The summed E-state index contributed by atoms with van der Waals surface area (Å²) in [5, 5.41) is 7.35. The molecule has 0 amide bonds. The van der Waals surface area contributed by atoms with Crippen molar-refractivity contribution in [1.82, 2.24) is 15.2 Å². The van der Waals surface area contributed by atoms with E-state index in [0.717, 1.165) is 30.9 Å². The Labute approximate surface area is 109 Å². The van der Waals surface area contributed by atoms with Gasteiger partial charge in [0.1, 0.15) is 11.4 Å². The largest absolute Gasteiger partial charge is 0.367 e. The number of nitrogens with two attached hydrogens (primary N) is 1. The Bertz CT molecular complexity index is 375. The van der Waals surface area contributed by atoms with E-state index >= 15 is 0 Å². The van der Waals surface area contributed by atoms with Gasteiger partial charge in [-0.05, 0) is 38.6 Å². The summed E-state index contributed by atoms with van der Waals surface area (Å²) in [5.74, 6) is 2.35. The third-order valence-electron chi connectivity index (χ3n) is 3.70. The summed E-state index contributed by atoms with van der Waals surface area (Å²) in [6.07, 6.45) is 5.23. The number of aromatic nitrogens is 3. The van der Waals surface area contributed by atoms with E-state index in [-0.39, 0.29) is 5.60 Å². The maximum absolute atomic E-state index is 6.04. The third kappa shape index (κ3) is 2.72. The molecule has 0 radical (unpaired) electrons. The van der Waals surface area contributed by atoms with Crippen LogP contribution in [0.15, 0.2) is 0 Å². The van der Waals surface area contributed by atoms with Gasteiger partial charge < -0.3 is 10.5 Å². The average molecular weight is 252 g/mol. The zero-order chi connectivity index (χ0) is 13.0. The molecule has 1 heterocycles. The lowest BCUT2D eigenvalue weighted by Gasteiger charge is -2.37. The highest BCUT2D eigenvalue weighted by Crippen LogP contribution is 2.41. The molecule has 1 aromatic heterocycles. The molecule has 0 saturated heterocycles. The topological polar surface area (TPSA) is 76.8 Å². The van der Waals surface area contributed by atoms with Crippen molar-refractivity contribution < 1.29 is 4.74 Å². The zero-order valence-electron chi connectivity index (χ0n) is 11.4. The number of ether oxygens (including phenoxy) is 1. The van der Waals surface area contributed by atoms with Crippen molar-refractivity contribution in [2.75, 3.05) is 13.2 Å². The number of hydrogen-bond donors (Lipinski definition) is 2. The van der Waals surface area contributed by atoms with Crippen LogP contribution in [0.4, 0.5) is 0 Å². The first-order valence-electron chi connectivity index (χ1n) is 6.96. The van der Waals surface area contributed by atoms with Gasteiger partial charge in [0, 0.05) is 13.0 Å². The van der Waals surface area contributed by atoms with E-state index in [2.05, 4.69) is 22.1 Å². The Balaban J connectivity index is 2.21. The first-order chi connectivity index (χ1) is 8.70. The maximum atomic E-state index is 6.04. The fourth-order valence-electron chi connectivity index (χ4n) is 2.93. The summed E-state index contributed by atoms with van der Waals surface area (Å²) in [6.45, 7) is 5.61. The number of nitrogens with zero attached hydrogens (tertiary/aromatic N) is 2. The Kier molecular flexibility index (Phi) is 4.35. The normalized spacial score (nSPS) is 28.5. The molecule has 2 rings (SSSR count). The summed E-state index contributed by atoms with van der Waals surface area (Å²) >= 11 is 0. The summed E-state index contributed by atoms with van der Waals surface area (Å²) in [6, 6.07) is 0. The van der Waals surface area contributed by atoms with Gasteiger partial charge in [-0.2, -0.15) is 5.10 Å². The number of hydrogen-bond acceptors (Lipinski definition) is 4. The molecule has 0 aliphatic heterocycles. The van der Waals surface area contributed by atoms with E-state index in [0.29, 0.717) is 19.1 Å². The molecule has 0 spiro atoms. The number of aromatic amines is 1. The van der Waals surface area contributed by atoms with Crippen LogP contribution >= 0.6 is 0 Å². The van der Waals surface area contributed by atoms with Crippen molar-refractivity contribution >= 4 is 0 Å². The molecular weight excluding hydrogens is 228 g/mol. The van der Waals surface area contributed by atoms with E-state index in [1.54, 1.807) is 0 Å². The molecule has 5 nitrogen and oxygen atoms in total. The lowest BCUT2D eigenvalue weighted by molar-refractivity contribution is -0.0879. The lowest BCUT2D eigenvalue weighted by Crippen LogP contribution is -2.36. The first kappa shape index (κ1) is 13.5. The molecule has 0 bridgehead atoms. The van der Waals surface area contributed by atoms with Crippen molar-refractivity contribution in [2.24, 2.45) is 11.7 Å². The summed E-state index contributed by atoms with van der Waals surface area (Å²) < 4.78 is 6.04. The molecule has 3 N–H and O–H groups in total. The van der Waals surface area contributed by atoms with Gasteiger partial charge >= 0.3 is 0 Å². The van der Waals surface area contributed by atoms with Gasteiger partial charge in [-0.3, -0.25) is 5.10 Å². The van der Waals surface area contributed by atoms with E-state index in [9.17, 15) is 0 Å². The van der Waals surface area contributed by atoms with Crippen LogP contribution in [-0.4, -0.2) is 28.3 Å². The second kappa shape index (κ2) is 5.80. The molecule has 2 unspecified atom stereocenters. The third-order valence-corrected chi connectivity index (χ3v) is 3.70. The van der Waals surface area contributed by atoms with Crippen LogP contribution in [-0.2, 0) is 16.8 Å². The first-order valence-corrected chi connectivity index (χ1v) is 6.96. The van der Waals surface area contributed by atoms with Crippen LogP contribution in [0.5, 0.6) is 0 Å². The van der Waals surface area contributed by atoms with Crippen molar-refractivity contribution in [1.29, 1.82) is 0 Å². The molecule has 102 valence electrons. The highest BCUT2D eigenvalue weighted by molar-refractivity contribution is 5.06. The van der Waals surface area contributed by atoms with Crippen molar-refractivity contribution in [2.45, 2.75) is 51.6 Å². The van der Waals surface area contributed by atoms with Crippen molar-refractivity contribution in [3.63, 3.8) is 0 Å². The Morgan fingerprint density at radius 3 is 3.06 bits per heavy atom. The second-order valence-electron chi connectivity index (χ2n) is 5.27. The fraction of sp³-hybridized carbons (Fsp3) is 0.846. The maximum Gasteiger partial charge on any atom is 0.182 e. The monoisotopic (exact) mass is 252 g/mol. The van der Waals surface area contributed by atoms with E-state index in [4.69, 9.17) is 10.5 Å². The molecule has 1 aliphatic carbocycles. The molecule has 5 heteroatoms. The number of rotatable bonds is 5. The Hall–Kier alpha value is -0.940. The van der Waals surface area contributed by atoms with Gasteiger partial charge in [-0.1, -0.05) is 13.3 Å². The van der Waals surface area contributed by atoms with Gasteiger partial charge in [0.2, 0.25) is 0 Å². The van der Waals surface area contributed by atoms with E-state index in [1.165, 1.54) is 12.8 Å². The van der Waals surface area contributed by atoms with Gasteiger partial charge in [0.25, 0.3) is 0 Å². The molecule has 0 aromatic carbocycles. The summed E-state index contributed by atoms with van der Waals surface area (Å²) in [5.41, 5.74) is 5.26. The van der Waals surface area contributed by atoms with Crippen molar-refractivity contribution in [3.05, 3.63) is 11.6 Å². The number of H-pyrrole nitrogens is 1. The predicted octanol–water partition coefficient (Wildman–Crippen LogP) is 1.75.